The molecule has 3 unspecified atom stereocenters. The van der Waals surface area contributed by atoms with E-state index >= 15 is 0 Å². The molecule has 1 fully saturated rings. The van der Waals surface area contributed by atoms with Gasteiger partial charge in [0, 0.05) is 17.8 Å². The predicted molar refractivity (Wildman–Crippen MR) is 88.6 cm³/mol. The number of nitro benzene ring substituents is 1. The highest BCUT2D eigenvalue weighted by atomic mass is 19.4. The molecule has 1 N–H and O–H groups in total. The van der Waals surface area contributed by atoms with E-state index in [1.165, 1.54) is 12.1 Å². The van der Waals surface area contributed by atoms with Crippen LogP contribution in [-0.4, -0.2) is 38.6 Å². The molecule has 27 heavy (non-hydrogen) atoms. The Morgan fingerprint density at radius 1 is 1.41 bits per heavy atom. The van der Waals surface area contributed by atoms with Gasteiger partial charge >= 0.3 is 6.18 Å². The largest absolute Gasteiger partial charge is 0.439 e. The van der Waals surface area contributed by atoms with Crippen LogP contribution in [0.1, 0.15) is 31.7 Å². The fourth-order valence-corrected chi connectivity index (χ4v) is 3.64. The van der Waals surface area contributed by atoms with Crippen LogP contribution in [0.25, 0.3) is 0 Å². The summed E-state index contributed by atoms with van der Waals surface area (Å²) in [4.78, 5) is 22.6. The number of aliphatic hydroxyl groups is 1. The molecule has 3 rings (SSSR count). The van der Waals surface area contributed by atoms with Gasteiger partial charge in [0.1, 0.15) is 0 Å². The second-order valence-electron chi connectivity index (χ2n) is 7.05. The Morgan fingerprint density at radius 3 is 2.59 bits per heavy atom. The average molecular weight is 385 g/mol. The summed E-state index contributed by atoms with van der Waals surface area (Å²) in [5, 5.41) is 25.2. The van der Waals surface area contributed by atoms with Gasteiger partial charge in [0.15, 0.2) is 0 Å². The first-order chi connectivity index (χ1) is 12.5. The van der Waals surface area contributed by atoms with E-state index in [0.717, 1.165) is 12.1 Å². The molecular weight excluding hydrogens is 367 g/mol. The lowest BCUT2D eigenvalue weighted by Gasteiger charge is -2.39. The van der Waals surface area contributed by atoms with Gasteiger partial charge in [-0.2, -0.15) is 23.3 Å². The number of amides is 1. The molecule has 1 amide bonds. The minimum Gasteiger partial charge on any atom is -0.362 e. The predicted octanol–water partition coefficient (Wildman–Crippen LogP) is 3.02. The van der Waals surface area contributed by atoms with Crippen molar-refractivity contribution in [1.82, 2.24) is 5.01 Å². The fourth-order valence-electron chi connectivity index (χ4n) is 3.64. The zero-order valence-corrected chi connectivity index (χ0v) is 14.4. The Balaban J connectivity index is 1.87. The number of hydrogen-bond donors (Lipinski definition) is 1. The van der Waals surface area contributed by atoms with Crippen molar-refractivity contribution in [2.45, 2.75) is 44.5 Å². The number of benzene rings is 1. The summed E-state index contributed by atoms with van der Waals surface area (Å²) in [7, 11) is 0. The van der Waals surface area contributed by atoms with Gasteiger partial charge in [-0.1, -0.05) is 19.1 Å². The maximum atomic E-state index is 13.7. The molecule has 10 heteroatoms. The van der Waals surface area contributed by atoms with Crippen LogP contribution in [0.2, 0.25) is 0 Å². The normalized spacial score (nSPS) is 27.9. The second kappa shape index (κ2) is 6.59. The molecule has 0 aromatic heterocycles. The van der Waals surface area contributed by atoms with Crippen molar-refractivity contribution in [1.29, 1.82) is 0 Å². The van der Waals surface area contributed by atoms with E-state index in [1.54, 1.807) is 6.92 Å². The summed E-state index contributed by atoms with van der Waals surface area (Å²) in [5.41, 5.74) is -3.09. The van der Waals surface area contributed by atoms with Crippen LogP contribution < -0.4 is 0 Å². The van der Waals surface area contributed by atoms with E-state index in [0.29, 0.717) is 18.4 Å². The minimum absolute atomic E-state index is 0.0208. The van der Waals surface area contributed by atoms with Gasteiger partial charge in [-0.15, -0.1) is 0 Å². The van der Waals surface area contributed by atoms with Crippen LogP contribution in [0.5, 0.6) is 0 Å². The van der Waals surface area contributed by atoms with Crippen LogP contribution in [0, 0.1) is 22.0 Å². The van der Waals surface area contributed by atoms with Crippen molar-refractivity contribution in [3.8, 4) is 0 Å². The number of nitrogens with zero attached hydrogens (tertiary/aromatic N) is 3. The van der Waals surface area contributed by atoms with E-state index < -0.39 is 35.1 Å². The molecule has 1 aliphatic heterocycles. The van der Waals surface area contributed by atoms with Crippen LogP contribution in [0.4, 0.5) is 18.9 Å². The Labute approximate surface area is 152 Å². The summed E-state index contributed by atoms with van der Waals surface area (Å²) >= 11 is 0. The van der Waals surface area contributed by atoms with Gasteiger partial charge in [-0.05, 0) is 30.7 Å². The molecule has 1 heterocycles. The number of carbonyl (C=O) groups excluding carboxylic acids is 1. The quantitative estimate of drug-likeness (QED) is 0.639. The lowest BCUT2D eigenvalue weighted by atomic mass is 9.76. The first kappa shape index (κ1) is 19.3. The van der Waals surface area contributed by atoms with Crippen LogP contribution >= 0.6 is 0 Å². The first-order valence-corrected chi connectivity index (χ1v) is 8.47. The van der Waals surface area contributed by atoms with Crippen molar-refractivity contribution >= 4 is 17.3 Å². The van der Waals surface area contributed by atoms with E-state index in [1.807, 2.05) is 0 Å². The van der Waals surface area contributed by atoms with Crippen molar-refractivity contribution in [3.63, 3.8) is 0 Å². The summed E-state index contributed by atoms with van der Waals surface area (Å²) in [6.45, 7) is 1.80. The topological polar surface area (TPSA) is 96.0 Å². The van der Waals surface area contributed by atoms with Crippen LogP contribution in [0.15, 0.2) is 29.4 Å². The molecule has 7 nitrogen and oxygen atoms in total. The van der Waals surface area contributed by atoms with Crippen molar-refractivity contribution in [2.75, 3.05) is 0 Å². The first-order valence-electron chi connectivity index (χ1n) is 8.47. The number of hydrazone groups is 1. The summed E-state index contributed by atoms with van der Waals surface area (Å²) < 4.78 is 41.2. The third-order valence-corrected chi connectivity index (χ3v) is 5.13. The van der Waals surface area contributed by atoms with Crippen molar-refractivity contribution in [2.24, 2.45) is 16.9 Å². The zero-order chi connectivity index (χ0) is 20.0. The van der Waals surface area contributed by atoms with Gasteiger partial charge < -0.3 is 5.11 Å². The Hall–Kier alpha value is -2.49. The molecule has 2 aliphatic rings. The van der Waals surface area contributed by atoms with Gasteiger partial charge in [0.2, 0.25) is 5.91 Å². The highest BCUT2D eigenvalue weighted by Gasteiger charge is 2.68. The molecule has 0 saturated heterocycles. The average Bonchev–Trinajstić information content (AvgIpc) is 2.89. The zero-order valence-electron chi connectivity index (χ0n) is 14.4. The third-order valence-electron chi connectivity index (χ3n) is 5.13. The molecule has 0 radical (unpaired) electrons. The molecule has 1 aromatic carbocycles. The monoisotopic (exact) mass is 385 g/mol. The standard InChI is InChI=1S/C17H18F3N3O4/c1-10-2-7-14-13(8-10)16(25,17(18,19)20)22(21-14)15(24)9-11-3-5-12(6-4-11)23(26)27/h3-6,10,13,25H,2,7-9H2,1H3. The van der Waals surface area contributed by atoms with Crippen molar-refractivity contribution in [3.05, 3.63) is 39.9 Å². The van der Waals surface area contributed by atoms with Crippen molar-refractivity contribution < 1.29 is 28.0 Å². The van der Waals surface area contributed by atoms with E-state index in [2.05, 4.69) is 5.10 Å². The number of halogens is 3. The number of carbonyl (C=O) groups is 1. The molecule has 0 bridgehead atoms. The molecule has 146 valence electrons. The van der Waals surface area contributed by atoms with Gasteiger partial charge in [0.05, 0.1) is 17.3 Å². The van der Waals surface area contributed by atoms with Crippen LogP contribution in [0.3, 0.4) is 0 Å². The number of non-ortho nitro benzene ring substituents is 1. The smallest absolute Gasteiger partial charge is 0.362 e. The number of rotatable bonds is 3. The number of fused-ring (bicyclic) bond motifs is 1. The SMILES string of the molecule is CC1CCC2=NN(C(=O)Cc3ccc([N+](=O)[O-])cc3)C(O)(C(F)(F)F)C2C1. The lowest BCUT2D eigenvalue weighted by Crippen LogP contribution is -2.62. The molecule has 3 atom stereocenters. The number of hydrogen-bond acceptors (Lipinski definition) is 5. The van der Waals surface area contributed by atoms with Gasteiger partial charge in [-0.25, -0.2) is 0 Å². The third kappa shape index (κ3) is 3.29. The number of nitro groups is 1. The van der Waals surface area contributed by atoms with E-state index in [9.17, 15) is 33.2 Å². The fraction of sp³-hybridized carbons (Fsp3) is 0.529. The molecular formula is C17H18F3N3O4. The van der Waals surface area contributed by atoms with Gasteiger partial charge in [-0.3, -0.25) is 14.9 Å². The Bertz CT molecular complexity index is 794. The van der Waals surface area contributed by atoms with E-state index in [4.69, 9.17) is 0 Å². The maximum absolute atomic E-state index is 13.7. The highest BCUT2D eigenvalue weighted by Crippen LogP contribution is 2.49. The Kier molecular flexibility index (Phi) is 4.71. The maximum Gasteiger partial charge on any atom is 0.439 e. The number of alkyl halides is 3. The second-order valence-corrected chi connectivity index (χ2v) is 7.05. The molecule has 1 aliphatic carbocycles. The minimum atomic E-state index is -5.06. The molecule has 1 aromatic rings. The van der Waals surface area contributed by atoms with Crippen LogP contribution in [-0.2, 0) is 11.2 Å². The summed E-state index contributed by atoms with van der Waals surface area (Å²) in [6, 6.07) is 4.91. The lowest BCUT2D eigenvalue weighted by molar-refractivity contribution is -0.384. The molecule has 0 spiro atoms. The highest BCUT2D eigenvalue weighted by molar-refractivity contribution is 5.93. The van der Waals surface area contributed by atoms with Gasteiger partial charge in [0.25, 0.3) is 11.4 Å². The summed E-state index contributed by atoms with van der Waals surface area (Å²) in [5.74, 6) is -2.31. The van der Waals surface area contributed by atoms with E-state index in [-0.39, 0.29) is 28.7 Å². The summed E-state index contributed by atoms with van der Waals surface area (Å²) in [6.07, 6.45) is -4.49. The Morgan fingerprint density at radius 2 is 2.04 bits per heavy atom. The molecule has 1 saturated carbocycles.